The van der Waals surface area contributed by atoms with E-state index in [1.807, 2.05) is 54.6 Å². The van der Waals surface area contributed by atoms with Crippen LogP contribution in [0.4, 0.5) is 5.69 Å². The second kappa shape index (κ2) is 7.96. The summed E-state index contributed by atoms with van der Waals surface area (Å²) in [6.45, 7) is 1.60. The van der Waals surface area contributed by atoms with Gasteiger partial charge in [0.1, 0.15) is 11.6 Å². The maximum Gasteiger partial charge on any atom is 0.141 e. The molecule has 0 aliphatic heterocycles. The Kier molecular flexibility index (Phi) is 5.06. The monoisotopic (exact) mass is 357 g/mol. The third-order valence-electron chi connectivity index (χ3n) is 4.59. The molecule has 0 amide bonds. The molecular weight excluding hydrogens is 334 g/mol. The van der Waals surface area contributed by atoms with Crippen molar-refractivity contribution in [1.82, 2.24) is 9.55 Å². The van der Waals surface area contributed by atoms with Gasteiger partial charge >= 0.3 is 0 Å². The molecule has 27 heavy (non-hydrogen) atoms. The fraction of sp³-hybridized carbons (Fsp3) is 0.174. The highest BCUT2D eigenvalue weighted by molar-refractivity contribution is 5.81. The van der Waals surface area contributed by atoms with Gasteiger partial charge in [-0.1, -0.05) is 42.5 Å². The molecule has 0 spiro atoms. The summed E-state index contributed by atoms with van der Waals surface area (Å²) in [4.78, 5) is 4.85. The number of nitrogens with two attached hydrogens (primary N) is 1. The van der Waals surface area contributed by atoms with Gasteiger partial charge in [-0.15, -0.1) is 0 Å². The van der Waals surface area contributed by atoms with Crippen LogP contribution in [0.25, 0.3) is 22.4 Å². The molecule has 0 unspecified atom stereocenters. The number of fused-ring (bicyclic) bond motifs is 1. The molecule has 1 heterocycles. The lowest BCUT2D eigenvalue weighted by atomic mass is 10.2. The second-order valence-electron chi connectivity index (χ2n) is 6.57. The number of para-hydroxylation sites is 3. The largest absolute Gasteiger partial charge is 0.494 e. The molecule has 0 radical (unpaired) electrons. The molecule has 136 valence electrons. The molecular formula is C23H23N3O. The summed E-state index contributed by atoms with van der Waals surface area (Å²) in [7, 11) is 0. The Bertz CT molecular complexity index is 1020. The number of imidazole rings is 1. The van der Waals surface area contributed by atoms with E-state index in [0.29, 0.717) is 6.61 Å². The quantitative estimate of drug-likeness (QED) is 0.368. The predicted molar refractivity (Wildman–Crippen MR) is 111 cm³/mol. The normalized spacial score (nSPS) is 11.0. The molecule has 0 saturated heterocycles. The minimum absolute atomic E-state index is 0.713. The van der Waals surface area contributed by atoms with Crippen LogP contribution in [0, 0.1) is 0 Å². The van der Waals surface area contributed by atoms with Crippen molar-refractivity contribution in [2.75, 3.05) is 12.3 Å². The molecule has 0 atom stereocenters. The maximum atomic E-state index is 5.98. The molecule has 1 aromatic heterocycles. The van der Waals surface area contributed by atoms with Gasteiger partial charge in [-0.25, -0.2) is 4.98 Å². The molecule has 4 heteroatoms. The highest BCUT2D eigenvalue weighted by Gasteiger charge is 2.12. The standard InChI is InChI=1S/C23H23N3O/c24-19-10-8-9-18(17-19)23-25-21-13-4-5-14-22(21)26(23)15-6-7-16-27-20-11-2-1-3-12-20/h1-5,8-14,17H,6-7,15-16,24H2. The van der Waals surface area contributed by atoms with Crippen molar-refractivity contribution >= 4 is 16.7 Å². The Balaban J connectivity index is 1.49. The average molecular weight is 357 g/mol. The van der Waals surface area contributed by atoms with E-state index in [1.54, 1.807) is 0 Å². The van der Waals surface area contributed by atoms with Crippen LogP contribution in [0.3, 0.4) is 0 Å². The van der Waals surface area contributed by atoms with Crippen molar-refractivity contribution in [3.05, 3.63) is 78.9 Å². The topological polar surface area (TPSA) is 53.1 Å². The van der Waals surface area contributed by atoms with E-state index in [-0.39, 0.29) is 0 Å². The molecule has 0 aliphatic rings. The second-order valence-corrected chi connectivity index (χ2v) is 6.57. The highest BCUT2D eigenvalue weighted by Crippen LogP contribution is 2.26. The molecule has 4 nitrogen and oxygen atoms in total. The summed E-state index contributed by atoms with van der Waals surface area (Å²) in [5, 5.41) is 0. The van der Waals surface area contributed by atoms with Gasteiger partial charge in [0.15, 0.2) is 0 Å². The zero-order valence-electron chi connectivity index (χ0n) is 15.2. The van der Waals surface area contributed by atoms with Gasteiger partial charge < -0.3 is 15.0 Å². The first-order chi connectivity index (χ1) is 13.3. The maximum absolute atomic E-state index is 5.98. The van der Waals surface area contributed by atoms with Crippen LogP contribution in [0.2, 0.25) is 0 Å². The van der Waals surface area contributed by atoms with Gasteiger partial charge in [-0.3, -0.25) is 0 Å². The fourth-order valence-corrected chi connectivity index (χ4v) is 3.28. The van der Waals surface area contributed by atoms with Crippen molar-refractivity contribution < 1.29 is 4.74 Å². The van der Waals surface area contributed by atoms with Crippen LogP contribution < -0.4 is 10.5 Å². The lowest BCUT2D eigenvalue weighted by Gasteiger charge is -2.10. The zero-order chi connectivity index (χ0) is 18.5. The average Bonchev–Trinajstić information content (AvgIpc) is 3.07. The minimum atomic E-state index is 0.713. The van der Waals surface area contributed by atoms with Crippen LogP contribution in [-0.2, 0) is 6.54 Å². The third-order valence-corrected chi connectivity index (χ3v) is 4.59. The van der Waals surface area contributed by atoms with Crippen LogP contribution in [0.5, 0.6) is 5.75 Å². The molecule has 0 fully saturated rings. The molecule has 0 bridgehead atoms. The Morgan fingerprint density at radius 1 is 0.852 bits per heavy atom. The Morgan fingerprint density at radius 3 is 2.52 bits per heavy atom. The number of unbranched alkanes of at least 4 members (excludes halogenated alkanes) is 1. The smallest absolute Gasteiger partial charge is 0.141 e. The Morgan fingerprint density at radius 2 is 1.67 bits per heavy atom. The van der Waals surface area contributed by atoms with Gasteiger partial charge in [-0.2, -0.15) is 0 Å². The lowest BCUT2D eigenvalue weighted by molar-refractivity contribution is 0.303. The van der Waals surface area contributed by atoms with Crippen LogP contribution in [0.1, 0.15) is 12.8 Å². The number of hydrogen-bond acceptors (Lipinski definition) is 3. The van der Waals surface area contributed by atoms with E-state index in [1.165, 1.54) is 0 Å². The number of hydrogen-bond donors (Lipinski definition) is 1. The number of aryl methyl sites for hydroxylation is 1. The minimum Gasteiger partial charge on any atom is -0.494 e. The van der Waals surface area contributed by atoms with Gasteiger partial charge in [0.05, 0.1) is 17.6 Å². The number of benzene rings is 3. The number of nitrogen functional groups attached to an aromatic ring is 1. The van der Waals surface area contributed by atoms with E-state index in [4.69, 9.17) is 15.5 Å². The molecule has 2 N–H and O–H groups in total. The van der Waals surface area contributed by atoms with Gasteiger partial charge in [0.2, 0.25) is 0 Å². The Labute approximate surface area is 159 Å². The summed E-state index contributed by atoms with van der Waals surface area (Å²) in [5.41, 5.74) is 9.94. The number of anilines is 1. The van der Waals surface area contributed by atoms with Crippen molar-refractivity contribution in [1.29, 1.82) is 0 Å². The van der Waals surface area contributed by atoms with Crippen molar-refractivity contribution in [3.8, 4) is 17.1 Å². The summed E-state index contributed by atoms with van der Waals surface area (Å²) >= 11 is 0. The van der Waals surface area contributed by atoms with Crippen molar-refractivity contribution in [2.45, 2.75) is 19.4 Å². The van der Waals surface area contributed by atoms with Crippen LogP contribution in [-0.4, -0.2) is 16.2 Å². The first-order valence-corrected chi connectivity index (χ1v) is 9.30. The molecule has 4 rings (SSSR count). The van der Waals surface area contributed by atoms with E-state index in [9.17, 15) is 0 Å². The van der Waals surface area contributed by atoms with Crippen LogP contribution >= 0.6 is 0 Å². The first-order valence-electron chi connectivity index (χ1n) is 9.30. The van der Waals surface area contributed by atoms with Crippen LogP contribution in [0.15, 0.2) is 78.9 Å². The lowest BCUT2D eigenvalue weighted by Crippen LogP contribution is -2.04. The summed E-state index contributed by atoms with van der Waals surface area (Å²) < 4.78 is 8.09. The number of aromatic nitrogens is 2. The molecule has 3 aromatic carbocycles. The highest BCUT2D eigenvalue weighted by atomic mass is 16.5. The van der Waals surface area contributed by atoms with E-state index < -0.39 is 0 Å². The number of ether oxygens (including phenoxy) is 1. The first kappa shape index (κ1) is 17.2. The number of rotatable bonds is 7. The number of nitrogens with zero attached hydrogens (tertiary/aromatic N) is 2. The van der Waals surface area contributed by atoms with Crippen molar-refractivity contribution in [3.63, 3.8) is 0 Å². The Hall–Kier alpha value is -3.27. The van der Waals surface area contributed by atoms with E-state index in [0.717, 1.165) is 53.2 Å². The van der Waals surface area contributed by atoms with Gasteiger partial charge in [0, 0.05) is 17.8 Å². The van der Waals surface area contributed by atoms with Gasteiger partial charge in [-0.05, 0) is 49.2 Å². The third kappa shape index (κ3) is 3.95. The van der Waals surface area contributed by atoms with Gasteiger partial charge in [0.25, 0.3) is 0 Å². The predicted octanol–water partition coefficient (Wildman–Crippen LogP) is 5.14. The van der Waals surface area contributed by atoms with Crippen molar-refractivity contribution in [2.24, 2.45) is 0 Å². The summed E-state index contributed by atoms with van der Waals surface area (Å²) in [6, 6.07) is 26.1. The SMILES string of the molecule is Nc1cccc(-c2nc3ccccc3n2CCCCOc2ccccc2)c1. The summed E-state index contributed by atoms with van der Waals surface area (Å²) in [5.74, 6) is 1.89. The van der Waals surface area contributed by atoms with E-state index in [2.05, 4.69) is 28.8 Å². The molecule has 0 aliphatic carbocycles. The zero-order valence-corrected chi connectivity index (χ0v) is 15.2. The summed E-state index contributed by atoms with van der Waals surface area (Å²) in [6.07, 6.45) is 2.00. The fourth-order valence-electron chi connectivity index (χ4n) is 3.28. The van der Waals surface area contributed by atoms with E-state index >= 15 is 0 Å². The molecule has 0 saturated carbocycles. The molecule has 4 aromatic rings.